The van der Waals surface area contributed by atoms with Gasteiger partial charge in [-0.1, -0.05) is 18.2 Å². The maximum absolute atomic E-state index is 9.89. The van der Waals surface area contributed by atoms with Crippen LogP contribution in [0.25, 0.3) is 0 Å². The number of nitrogens with zero attached hydrogens (tertiary/aromatic N) is 2. The Kier molecular flexibility index (Phi) is 4.22. The number of hydrogen-bond acceptors (Lipinski definition) is 4. The van der Waals surface area contributed by atoms with Crippen LogP contribution in [0.4, 0.5) is 5.69 Å². The highest BCUT2D eigenvalue weighted by molar-refractivity contribution is 5.55. The van der Waals surface area contributed by atoms with Crippen molar-refractivity contribution in [2.45, 2.75) is 25.2 Å². The number of hydrogen-bond donors (Lipinski definition) is 2. The second-order valence-corrected chi connectivity index (χ2v) is 5.24. The Hall–Kier alpha value is -1.10. The van der Waals surface area contributed by atoms with E-state index in [1.165, 1.54) is 0 Å². The summed E-state index contributed by atoms with van der Waals surface area (Å²) in [5.41, 5.74) is 1.97. The zero-order chi connectivity index (χ0) is 13.1. The quantitative estimate of drug-likeness (QED) is 0.825. The fourth-order valence-electron chi connectivity index (χ4n) is 2.71. The normalized spacial score (nSPS) is 23.9. The first-order valence-electron chi connectivity index (χ1n) is 6.40. The van der Waals surface area contributed by atoms with Crippen molar-refractivity contribution in [3.05, 3.63) is 29.8 Å². The lowest BCUT2D eigenvalue weighted by atomic mass is 10.1. The molecule has 2 N–H and O–H groups in total. The van der Waals surface area contributed by atoms with E-state index in [0.29, 0.717) is 12.6 Å². The summed E-state index contributed by atoms with van der Waals surface area (Å²) in [5, 5.41) is 19.3. The molecule has 0 spiro atoms. The van der Waals surface area contributed by atoms with E-state index in [1.54, 1.807) is 0 Å². The van der Waals surface area contributed by atoms with Crippen LogP contribution in [0.1, 0.15) is 12.0 Å². The lowest BCUT2D eigenvalue weighted by Crippen LogP contribution is -2.38. The molecule has 2 rings (SSSR count). The van der Waals surface area contributed by atoms with E-state index in [4.69, 9.17) is 0 Å². The Morgan fingerprint density at radius 3 is 2.72 bits per heavy atom. The van der Waals surface area contributed by atoms with Gasteiger partial charge in [-0.05, 0) is 26.6 Å². The van der Waals surface area contributed by atoms with Gasteiger partial charge in [0.1, 0.15) is 0 Å². The molecule has 0 aromatic heterocycles. The highest BCUT2D eigenvalue weighted by Gasteiger charge is 2.32. The number of rotatable bonds is 4. The molecule has 0 radical (unpaired) electrons. The smallest absolute Gasteiger partial charge is 0.0735 e. The van der Waals surface area contributed by atoms with Gasteiger partial charge in [0, 0.05) is 30.4 Å². The molecule has 0 saturated carbocycles. The molecule has 1 heterocycles. The second-order valence-electron chi connectivity index (χ2n) is 5.24. The average Bonchev–Trinajstić information content (AvgIpc) is 2.69. The summed E-state index contributed by atoms with van der Waals surface area (Å²) < 4.78 is 0. The SMILES string of the molecule is CN(C)CC1CC(O)CN1c1ccccc1CO. The Balaban J connectivity index is 2.24. The fraction of sp³-hybridized carbons (Fsp3) is 0.571. The van der Waals surface area contributed by atoms with Crippen molar-refractivity contribution in [3.63, 3.8) is 0 Å². The van der Waals surface area contributed by atoms with Crippen molar-refractivity contribution in [1.82, 2.24) is 4.90 Å². The van der Waals surface area contributed by atoms with Crippen LogP contribution in [-0.4, -0.2) is 54.4 Å². The Bertz CT molecular complexity index is 395. The number of β-amino-alcohol motifs (C(OH)–C–C–N with tert-alkyl or cyclic N) is 1. The van der Waals surface area contributed by atoms with Crippen LogP contribution in [0.15, 0.2) is 24.3 Å². The monoisotopic (exact) mass is 250 g/mol. The predicted octanol–water partition coefficient (Wildman–Crippen LogP) is 0.680. The molecule has 100 valence electrons. The van der Waals surface area contributed by atoms with Crippen LogP contribution in [0, 0.1) is 0 Å². The standard InChI is InChI=1S/C14H22N2O2/c1-15(2)8-12-7-13(18)9-16(12)14-6-4-3-5-11(14)10-17/h3-6,12-13,17-18H,7-10H2,1-2H3. The number of anilines is 1. The van der Waals surface area contributed by atoms with Gasteiger partial charge in [-0.2, -0.15) is 0 Å². The first kappa shape index (κ1) is 13.3. The molecule has 0 amide bonds. The predicted molar refractivity (Wildman–Crippen MR) is 72.7 cm³/mol. The molecule has 1 saturated heterocycles. The molecule has 4 nitrogen and oxygen atoms in total. The molecule has 1 fully saturated rings. The second kappa shape index (κ2) is 5.69. The van der Waals surface area contributed by atoms with Crippen molar-refractivity contribution in [2.24, 2.45) is 0 Å². The number of aliphatic hydroxyl groups excluding tert-OH is 2. The summed E-state index contributed by atoms with van der Waals surface area (Å²) >= 11 is 0. The van der Waals surface area contributed by atoms with Gasteiger partial charge in [-0.3, -0.25) is 0 Å². The minimum Gasteiger partial charge on any atom is -0.392 e. The van der Waals surface area contributed by atoms with Crippen LogP contribution in [0.3, 0.4) is 0 Å². The molecule has 2 unspecified atom stereocenters. The van der Waals surface area contributed by atoms with Crippen LogP contribution >= 0.6 is 0 Å². The number of likely N-dealkylation sites (N-methyl/N-ethyl adjacent to an activating group) is 1. The van der Waals surface area contributed by atoms with Crippen molar-refractivity contribution in [1.29, 1.82) is 0 Å². The van der Waals surface area contributed by atoms with Gasteiger partial charge in [0.05, 0.1) is 12.7 Å². The first-order chi connectivity index (χ1) is 8.61. The number of benzene rings is 1. The number of aliphatic hydroxyl groups is 2. The lowest BCUT2D eigenvalue weighted by Gasteiger charge is -2.30. The van der Waals surface area contributed by atoms with Gasteiger partial charge in [-0.15, -0.1) is 0 Å². The summed E-state index contributed by atoms with van der Waals surface area (Å²) in [6, 6.07) is 8.18. The summed E-state index contributed by atoms with van der Waals surface area (Å²) in [6.45, 7) is 1.60. The Labute approximate surface area is 108 Å². The van der Waals surface area contributed by atoms with E-state index in [-0.39, 0.29) is 12.7 Å². The van der Waals surface area contributed by atoms with Crippen LogP contribution in [0.2, 0.25) is 0 Å². The molecule has 1 aliphatic rings. The molecule has 0 bridgehead atoms. The van der Waals surface area contributed by atoms with Crippen molar-refractivity contribution >= 4 is 5.69 Å². The molecule has 1 aromatic rings. The zero-order valence-corrected chi connectivity index (χ0v) is 11.1. The molecule has 0 aliphatic carbocycles. The highest BCUT2D eigenvalue weighted by Crippen LogP contribution is 2.29. The molecule has 1 aromatic carbocycles. The fourth-order valence-corrected chi connectivity index (χ4v) is 2.71. The molecule has 18 heavy (non-hydrogen) atoms. The topological polar surface area (TPSA) is 46.9 Å². The van der Waals surface area contributed by atoms with Gasteiger partial charge >= 0.3 is 0 Å². The van der Waals surface area contributed by atoms with Gasteiger partial charge in [0.15, 0.2) is 0 Å². The van der Waals surface area contributed by atoms with E-state index < -0.39 is 0 Å². The van der Waals surface area contributed by atoms with Gasteiger partial charge in [0.2, 0.25) is 0 Å². The van der Waals surface area contributed by atoms with Crippen molar-refractivity contribution in [3.8, 4) is 0 Å². The average molecular weight is 250 g/mol. The molecule has 4 heteroatoms. The van der Waals surface area contributed by atoms with Crippen LogP contribution < -0.4 is 4.90 Å². The van der Waals surface area contributed by atoms with E-state index in [9.17, 15) is 10.2 Å². The maximum Gasteiger partial charge on any atom is 0.0735 e. The van der Waals surface area contributed by atoms with E-state index in [1.807, 2.05) is 38.4 Å². The van der Waals surface area contributed by atoms with Gasteiger partial charge in [0.25, 0.3) is 0 Å². The largest absolute Gasteiger partial charge is 0.392 e. The summed E-state index contributed by atoms with van der Waals surface area (Å²) in [6.07, 6.45) is 0.513. The third-order valence-corrected chi connectivity index (χ3v) is 3.44. The first-order valence-corrected chi connectivity index (χ1v) is 6.40. The third-order valence-electron chi connectivity index (χ3n) is 3.44. The highest BCUT2D eigenvalue weighted by atomic mass is 16.3. The van der Waals surface area contributed by atoms with Crippen LogP contribution in [-0.2, 0) is 6.61 Å². The maximum atomic E-state index is 9.89. The summed E-state index contributed by atoms with van der Waals surface area (Å²) in [7, 11) is 4.08. The lowest BCUT2D eigenvalue weighted by molar-refractivity contribution is 0.191. The minimum atomic E-state index is -0.276. The number of para-hydroxylation sites is 1. The molecular weight excluding hydrogens is 228 g/mol. The molecule has 1 aliphatic heterocycles. The van der Waals surface area contributed by atoms with E-state index in [0.717, 1.165) is 24.2 Å². The van der Waals surface area contributed by atoms with Crippen molar-refractivity contribution < 1.29 is 10.2 Å². The Morgan fingerprint density at radius 1 is 1.33 bits per heavy atom. The van der Waals surface area contributed by atoms with Crippen LogP contribution in [0.5, 0.6) is 0 Å². The molecular formula is C14H22N2O2. The van der Waals surface area contributed by atoms with Gasteiger partial charge < -0.3 is 20.0 Å². The van der Waals surface area contributed by atoms with E-state index >= 15 is 0 Å². The minimum absolute atomic E-state index is 0.0391. The molecule has 2 atom stereocenters. The Morgan fingerprint density at radius 2 is 2.06 bits per heavy atom. The summed E-state index contributed by atoms with van der Waals surface area (Å²) in [5.74, 6) is 0. The van der Waals surface area contributed by atoms with Gasteiger partial charge in [-0.25, -0.2) is 0 Å². The zero-order valence-electron chi connectivity index (χ0n) is 11.1. The summed E-state index contributed by atoms with van der Waals surface area (Å²) in [4.78, 5) is 4.35. The third kappa shape index (κ3) is 2.83. The van der Waals surface area contributed by atoms with E-state index in [2.05, 4.69) is 9.80 Å². The van der Waals surface area contributed by atoms with Crippen molar-refractivity contribution in [2.75, 3.05) is 32.1 Å².